The Balaban J connectivity index is 0.000000211. The molecule has 2 aromatic heterocycles. The number of aromatic nitrogens is 2. The van der Waals surface area contributed by atoms with Gasteiger partial charge in [0.1, 0.15) is 11.4 Å². The molecule has 2 N–H and O–H groups in total. The maximum atomic E-state index is 11.6. The van der Waals surface area contributed by atoms with Crippen LogP contribution >= 0.6 is 46.4 Å². The van der Waals surface area contributed by atoms with Gasteiger partial charge in [-0.25, -0.2) is 10.9 Å². The summed E-state index contributed by atoms with van der Waals surface area (Å²) in [5, 5.41) is 9.64. The summed E-state index contributed by atoms with van der Waals surface area (Å²) >= 11 is 23.5. The fourth-order valence-corrected chi connectivity index (χ4v) is 3.56. The molecule has 38 heavy (non-hydrogen) atoms. The number of pyridine rings is 2. The van der Waals surface area contributed by atoms with E-state index in [1.165, 1.54) is 24.8 Å². The molecular formula is C26H18Cl4N6O2. The van der Waals surface area contributed by atoms with Crippen molar-refractivity contribution < 1.29 is 9.59 Å². The summed E-state index contributed by atoms with van der Waals surface area (Å²) in [6.07, 6.45) is 5.96. The van der Waals surface area contributed by atoms with Crippen molar-refractivity contribution >= 4 is 70.6 Å². The molecule has 4 rings (SSSR count). The Bertz CT molecular complexity index is 1340. The summed E-state index contributed by atoms with van der Waals surface area (Å²) in [7, 11) is 0. The van der Waals surface area contributed by atoms with Crippen LogP contribution in [-0.4, -0.2) is 34.2 Å². The Kier molecular flexibility index (Phi) is 11.2. The highest BCUT2D eigenvalue weighted by Gasteiger charge is 2.05. The van der Waals surface area contributed by atoms with E-state index < -0.39 is 0 Å². The number of benzene rings is 2. The monoisotopic (exact) mass is 586 g/mol. The number of rotatable bonds is 6. The molecule has 0 saturated carbocycles. The summed E-state index contributed by atoms with van der Waals surface area (Å²) in [5.41, 5.74) is 6.64. The third-order valence-corrected chi connectivity index (χ3v) is 5.58. The molecule has 2 aromatic carbocycles. The molecule has 0 aliphatic heterocycles. The molecule has 0 saturated heterocycles. The van der Waals surface area contributed by atoms with Crippen molar-refractivity contribution in [2.24, 2.45) is 10.2 Å². The van der Waals surface area contributed by atoms with Crippen LogP contribution < -0.4 is 10.9 Å². The summed E-state index contributed by atoms with van der Waals surface area (Å²) < 4.78 is 0. The van der Waals surface area contributed by atoms with Crippen molar-refractivity contribution in [1.29, 1.82) is 0 Å². The van der Waals surface area contributed by atoms with Crippen LogP contribution in [0.3, 0.4) is 0 Å². The van der Waals surface area contributed by atoms with E-state index >= 15 is 0 Å². The zero-order valence-corrected chi connectivity index (χ0v) is 22.4. The van der Waals surface area contributed by atoms with Crippen LogP contribution in [0.15, 0.2) is 95.4 Å². The minimum absolute atomic E-state index is 0.293. The number of halogens is 4. The Morgan fingerprint density at radius 1 is 0.632 bits per heavy atom. The van der Waals surface area contributed by atoms with Crippen molar-refractivity contribution in [2.45, 2.75) is 0 Å². The van der Waals surface area contributed by atoms with E-state index in [4.69, 9.17) is 46.4 Å². The van der Waals surface area contributed by atoms with Crippen LogP contribution in [-0.2, 0) is 0 Å². The van der Waals surface area contributed by atoms with Gasteiger partial charge < -0.3 is 0 Å². The molecule has 0 bridgehead atoms. The van der Waals surface area contributed by atoms with E-state index in [-0.39, 0.29) is 11.8 Å². The Labute approximate surface area is 238 Å². The highest BCUT2D eigenvalue weighted by Crippen LogP contribution is 2.20. The number of carbonyl (C=O) groups is 2. The van der Waals surface area contributed by atoms with Gasteiger partial charge in [0.25, 0.3) is 11.8 Å². The van der Waals surface area contributed by atoms with Gasteiger partial charge >= 0.3 is 0 Å². The largest absolute Gasteiger partial charge is 0.289 e. The molecule has 8 nitrogen and oxygen atoms in total. The van der Waals surface area contributed by atoms with Crippen LogP contribution in [0.1, 0.15) is 32.1 Å². The summed E-state index contributed by atoms with van der Waals surface area (Å²) in [6, 6.07) is 20.1. The molecule has 0 aliphatic rings. The fourth-order valence-electron chi connectivity index (χ4n) is 2.64. The van der Waals surface area contributed by atoms with E-state index in [1.54, 1.807) is 72.8 Å². The van der Waals surface area contributed by atoms with Crippen LogP contribution in [0.5, 0.6) is 0 Å². The van der Waals surface area contributed by atoms with Crippen LogP contribution in [0, 0.1) is 0 Å². The smallest absolute Gasteiger partial charge is 0.266 e. The second-order valence-corrected chi connectivity index (χ2v) is 8.85. The van der Waals surface area contributed by atoms with Gasteiger partial charge in [0.05, 0.1) is 22.5 Å². The number of nitrogens with zero attached hydrogens (tertiary/aromatic N) is 4. The molecular weight excluding hydrogens is 570 g/mol. The van der Waals surface area contributed by atoms with Crippen molar-refractivity contribution in [2.75, 3.05) is 0 Å². The Morgan fingerprint density at radius 2 is 1.05 bits per heavy atom. The van der Waals surface area contributed by atoms with Crippen LogP contribution in [0.4, 0.5) is 0 Å². The van der Waals surface area contributed by atoms with Crippen LogP contribution in [0.2, 0.25) is 20.1 Å². The topological polar surface area (TPSA) is 109 Å². The van der Waals surface area contributed by atoms with Gasteiger partial charge in [0.15, 0.2) is 0 Å². The lowest BCUT2D eigenvalue weighted by Crippen LogP contribution is -2.18. The number of hydrogen-bond acceptors (Lipinski definition) is 6. The number of amides is 2. The van der Waals surface area contributed by atoms with E-state index in [0.717, 1.165) is 0 Å². The minimum Gasteiger partial charge on any atom is -0.266 e. The zero-order valence-electron chi connectivity index (χ0n) is 19.4. The number of nitrogens with one attached hydrogen (secondary N) is 2. The van der Waals surface area contributed by atoms with Gasteiger partial charge in [-0.2, -0.15) is 10.2 Å². The molecule has 2 amide bonds. The Morgan fingerprint density at radius 3 is 1.39 bits per heavy atom. The molecule has 0 spiro atoms. The predicted octanol–water partition coefficient (Wildman–Crippen LogP) is 6.30. The maximum Gasteiger partial charge on any atom is 0.289 e. The number of hydrogen-bond donors (Lipinski definition) is 2. The quantitative estimate of drug-likeness (QED) is 0.204. The van der Waals surface area contributed by atoms with E-state index in [9.17, 15) is 9.59 Å². The summed E-state index contributed by atoms with van der Waals surface area (Å²) in [5.74, 6) is -0.774. The third-order valence-electron chi connectivity index (χ3n) is 4.46. The average Bonchev–Trinajstić information content (AvgIpc) is 2.92. The molecule has 0 atom stereocenters. The van der Waals surface area contributed by atoms with Crippen molar-refractivity contribution in [3.05, 3.63) is 128 Å². The maximum absolute atomic E-state index is 11.6. The molecule has 4 aromatic rings. The van der Waals surface area contributed by atoms with Gasteiger partial charge in [-0.05, 0) is 48.5 Å². The first-order valence-electron chi connectivity index (χ1n) is 10.7. The highest BCUT2D eigenvalue weighted by molar-refractivity contribution is 6.36. The second kappa shape index (κ2) is 14.8. The first kappa shape index (κ1) is 28.7. The highest BCUT2D eigenvalue weighted by atomic mass is 35.5. The predicted molar refractivity (Wildman–Crippen MR) is 152 cm³/mol. The van der Waals surface area contributed by atoms with Crippen molar-refractivity contribution in [3.63, 3.8) is 0 Å². The fraction of sp³-hybridized carbons (Fsp3) is 0. The molecule has 0 radical (unpaired) electrons. The lowest BCUT2D eigenvalue weighted by molar-refractivity contribution is 0.0942. The van der Waals surface area contributed by atoms with Crippen LogP contribution in [0.25, 0.3) is 0 Å². The second-order valence-electron chi connectivity index (χ2n) is 7.16. The van der Waals surface area contributed by atoms with Gasteiger partial charge in [0, 0.05) is 33.6 Å². The number of hydrazone groups is 2. The molecule has 0 unspecified atom stereocenters. The summed E-state index contributed by atoms with van der Waals surface area (Å²) in [6.45, 7) is 0. The van der Waals surface area contributed by atoms with Gasteiger partial charge in [-0.1, -0.05) is 70.7 Å². The van der Waals surface area contributed by atoms with Crippen molar-refractivity contribution in [3.8, 4) is 0 Å². The first-order valence-corrected chi connectivity index (χ1v) is 12.2. The van der Waals surface area contributed by atoms with E-state index in [1.807, 2.05) is 0 Å². The zero-order chi connectivity index (χ0) is 27.3. The lowest BCUT2D eigenvalue weighted by Gasteiger charge is -1.99. The normalized spacial score (nSPS) is 10.6. The van der Waals surface area contributed by atoms with E-state index in [2.05, 4.69) is 31.0 Å². The molecule has 0 fully saturated rings. The average molecular weight is 588 g/mol. The lowest BCUT2D eigenvalue weighted by atomic mass is 10.2. The minimum atomic E-state index is -0.387. The summed E-state index contributed by atoms with van der Waals surface area (Å²) in [4.78, 5) is 31.1. The SMILES string of the molecule is O=C(N/N=C/c1ccc(Cl)cc1Cl)c1ccccn1.O=C(N/N=C/c1ccc(Cl)cc1Cl)c1ccccn1. The molecule has 0 aliphatic carbocycles. The first-order chi connectivity index (χ1) is 18.3. The van der Waals surface area contributed by atoms with E-state index in [0.29, 0.717) is 42.6 Å². The van der Waals surface area contributed by atoms with Gasteiger partial charge in [-0.15, -0.1) is 0 Å². The number of carbonyl (C=O) groups excluding carboxylic acids is 2. The molecule has 192 valence electrons. The molecule has 2 heterocycles. The Hall–Kier alpha value is -3.82. The van der Waals surface area contributed by atoms with Crippen molar-refractivity contribution in [1.82, 2.24) is 20.8 Å². The van der Waals surface area contributed by atoms with Gasteiger partial charge in [-0.3, -0.25) is 19.6 Å². The standard InChI is InChI=1S/2C13H9Cl2N3O/c2*14-10-5-4-9(11(15)7-10)8-17-18-13(19)12-3-1-2-6-16-12/h2*1-8H,(H,18,19)/b2*17-8+. The molecule has 12 heteroatoms. The van der Waals surface area contributed by atoms with Gasteiger partial charge in [0.2, 0.25) is 0 Å². The third kappa shape index (κ3) is 9.24.